The van der Waals surface area contributed by atoms with Crippen LogP contribution in [0.5, 0.6) is 0 Å². The lowest BCUT2D eigenvalue weighted by atomic mass is 9.79. The zero-order valence-corrected chi connectivity index (χ0v) is 17.6. The molecule has 2 atom stereocenters. The van der Waals surface area contributed by atoms with Crippen molar-refractivity contribution in [2.45, 2.75) is 50.6 Å². The molecule has 4 rings (SSSR count). The van der Waals surface area contributed by atoms with Gasteiger partial charge in [0.1, 0.15) is 0 Å². The Kier molecular flexibility index (Phi) is 4.87. The fourth-order valence-corrected chi connectivity index (χ4v) is 4.43. The molecule has 0 saturated carbocycles. The van der Waals surface area contributed by atoms with Crippen LogP contribution in [0.1, 0.15) is 61.9 Å². The molecule has 1 aliphatic heterocycles. The summed E-state index contributed by atoms with van der Waals surface area (Å²) in [6.07, 6.45) is 2.09. The third kappa shape index (κ3) is 3.75. The lowest BCUT2D eigenvalue weighted by Gasteiger charge is -2.33. The Morgan fingerprint density at radius 3 is 1.76 bits per heavy atom. The van der Waals surface area contributed by atoms with Gasteiger partial charge in [0, 0.05) is 17.4 Å². The summed E-state index contributed by atoms with van der Waals surface area (Å²) in [5, 5.41) is 3.97. The van der Waals surface area contributed by atoms with Gasteiger partial charge in [-0.15, -0.1) is 0 Å². The molecular weight excluding hydrogens is 354 g/mol. The van der Waals surface area contributed by atoms with Crippen molar-refractivity contribution in [3.05, 3.63) is 95.1 Å². The molecule has 0 spiro atoms. The Hall–Kier alpha value is -2.78. The fourth-order valence-electron chi connectivity index (χ4n) is 4.43. The first-order chi connectivity index (χ1) is 13.8. The minimum atomic E-state index is -0.226. The molecule has 1 aliphatic rings. The number of nitrogen functional groups attached to an aromatic ring is 2. The predicted octanol–water partition coefficient (Wildman–Crippen LogP) is 5.52. The van der Waals surface area contributed by atoms with Gasteiger partial charge in [0.05, 0.1) is 5.54 Å². The Balaban J connectivity index is 1.75. The smallest absolute Gasteiger partial charge is 0.0696 e. The lowest BCUT2D eigenvalue weighted by molar-refractivity contribution is 0.445. The van der Waals surface area contributed by atoms with Crippen LogP contribution in [-0.4, -0.2) is 0 Å². The van der Waals surface area contributed by atoms with Gasteiger partial charge in [-0.25, -0.2) is 0 Å². The Morgan fingerprint density at radius 2 is 1.24 bits per heavy atom. The Labute approximate surface area is 174 Å². The van der Waals surface area contributed by atoms with Gasteiger partial charge < -0.3 is 11.5 Å². The molecule has 1 heterocycles. The molecule has 3 heteroatoms. The van der Waals surface area contributed by atoms with E-state index in [0.29, 0.717) is 0 Å². The van der Waals surface area contributed by atoms with E-state index < -0.39 is 0 Å². The average molecular weight is 386 g/mol. The number of benzene rings is 3. The van der Waals surface area contributed by atoms with Gasteiger partial charge in [-0.3, -0.25) is 5.32 Å². The maximum atomic E-state index is 5.98. The van der Waals surface area contributed by atoms with E-state index in [0.717, 1.165) is 24.2 Å². The summed E-state index contributed by atoms with van der Waals surface area (Å²) in [5.74, 6) is 0. The number of nitrogens with two attached hydrogens (primary N) is 2. The minimum Gasteiger partial charge on any atom is -0.399 e. The second kappa shape index (κ2) is 7.23. The van der Waals surface area contributed by atoms with E-state index in [-0.39, 0.29) is 17.0 Å². The molecule has 0 aromatic heterocycles. The second-order valence-corrected chi connectivity index (χ2v) is 9.26. The molecular formula is C26H31N3. The van der Waals surface area contributed by atoms with Crippen molar-refractivity contribution in [1.29, 1.82) is 0 Å². The summed E-state index contributed by atoms with van der Waals surface area (Å²) in [4.78, 5) is 0. The van der Waals surface area contributed by atoms with E-state index >= 15 is 0 Å². The highest BCUT2D eigenvalue weighted by molar-refractivity contribution is 5.48. The van der Waals surface area contributed by atoms with Crippen LogP contribution in [0.4, 0.5) is 11.4 Å². The topological polar surface area (TPSA) is 64.1 Å². The first-order valence-electron chi connectivity index (χ1n) is 10.4. The van der Waals surface area contributed by atoms with Crippen LogP contribution < -0.4 is 16.8 Å². The number of nitrogens with one attached hydrogen (secondary N) is 1. The van der Waals surface area contributed by atoms with Crippen molar-refractivity contribution in [3.63, 3.8) is 0 Å². The highest BCUT2D eigenvalue weighted by Crippen LogP contribution is 2.44. The van der Waals surface area contributed by atoms with Gasteiger partial charge >= 0.3 is 0 Å². The molecule has 3 aromatic rings. The van der Waals surface area contributed by atoms with E-state index in [1.54, 1.807) is 0 Å². The van der Waals surface area contributed by atoms with Gasteiger partial charge in [-0.2, -0.15) is 0 Å². The molecule has 1 saturated heterocycles. The molecule has 0 radical (unpaired) electrons. The molecule has 29 heavy (non-hydrogen) atoms. The van der Waals surface area contributed by atoms with Crippen molar-refractivity contribution >= 4 is 11.4 Å². The Morgan fingerprint density at radius 1 is 0.759 bits per heavy atom. The highest BCUT2D eigenvalue weighted by Gasteiger charge is 2.42. The summed E-state index contributed by atoms with van der Waals surface area (Å²) < 4.78 is 0. The number of rotatable bonds is 3. The minimum absolute atomic E-state index is 0.141. The van der Waals surface area contributed by atoms with Crippen LogP contribution in [0.2, 0.25) is 0 Å². The quantitative estimate of drug-likeness (QED) is 0.520. The summed E-state index contributed by atoms with van der Waals surface area (Å²) >= 11 is 0. The molecule has 0 amide bonds. The summed E-state index contributed by atoms with van der Waals surface area (Å²) in [7, 11) is 0. The number of anilines is 2. The van der Waals surface area contributed by atoms with Crippen molar-refractivity contribution in [3.8, 4) is 0 Å². The number of hydrogen-bond donors (Lipinski definition) is 3. The average Bonchev–Trinajstić information content (AvgIpc) is 3.15. The third-order valence-corrected chi connectivity index (χ3v) is 6.21. The van der Waals surface area contributed by atoms with Crippen LogP contribution in [-0.2, 0) is 11.0 Å². The van der Waals surface area contributed by atoms with Crippen LogP contribution in [0.25, 0.3) is 0 Å². The largest absolute Gasteiger partial charge is 0.399 e. The van der Waals surface area contributed by atoms with E-state index in [1.807, 2.05) is 24.3 Å². The zero-order valence-electron chi connectivity index (χ0n) is 17.6. The van der Waals surface area contributed by atoms with Gasteiger partial charge in [-0.05, 0) is 64.8 Å². The maximum absolute atomic E-state index is 5.98. The standard InChI is InChI=1S/C26H31N3/c1-25(2,3)19-6-8-20(9-7-19)26(21-10-14-23(28)15-11-21)17-16-24(29-26)18-4-12-22(27)13-5-18/h4-15,24,29H,16-17,27-28H2,1-3H3/t24-,26-/m0/s1. The maximum Gasteiger partial charge on any atom is 0.0696 e. The van der Waals surface area contributed by atoms with Crippen LogP contribution in [0, 0.1) is 0 Å². The Bertz CT molecular complexity index is 966. The fraction of sp³-hybridized carbons (Fsp3) is 0.308. The van der Waals surface area contributed by atoms with Gasteiger partial charge in [0.2, 0.25) is 0 Å². The van der Waals surface area contributed by atoms with E-state index in [9.17, 15) is 0 Å². The summed E-state index contributed by atoms with van der Waals surface area (Å²) in [6.45, 7) is 6.76. The van der Waals surface area contributed by atoms with Crippen LogP contribution >= 0.6 is 0 Å². The van der Waals surface area contributed by atoms with Crippen LogP contribution in [0.15, 0.2) is 72.8 Å². The zero-order chi connectivity index (χ0) is 20.6. The van der Waals surface area contributed by atoms with Gasteiger partial charge in [-0.1, -0.05) is 69.3 Å². The van der Waals surface area contributed by atoms with Crippen molar-refractivity contribution in [1.82, 2.24) is 5.32 Å². The van der Waals surface area contributed by atoms with Gasteiger partial charge in [0.25, 0.3) is 0 Å². The number of hydrogen-bond acceptors (Lipinski definition) is 3. The van der Waals surface area contributed by atoms with E-state index in [2.05, 4.69) is 74.6 Å². The summed E-state index contributed by atoms with van der Waals surface area (Å²) in [5.41, 5.74) is 18.6. The molecule has 3 aromatic carbocycles. The molecule has 1 fully saturated rings. The van der Waals surface area contributed by atoms with Crippen molar-refractivity contribution < 1.29 is 0 Å². The molecule has 0 bridgehead atoms. The van der Waals surface area contributed by atoms with Crippen molar-refractivity contribution in [2.75, 3.05) is 11.5 Å². The highest BCUT2D eigenvalue weighted by atomic mass is 15.0. The van der Waals surface area contributed by atoms with Gasteiger partial charge in [0.15, 0.2) is 0 Å². The predicted molar refractivity (Wildman–Crippen MR) is 123 cm³/mol. The first-order valence-corrected chi connectivity index (χ1v) is 10.4. The SMILES string of the molecule is CC(C)(C)c1ccc([C@]2(c3ccc(N)cc3)CC[C@@H](c3ccc(N)cc3)N2)cc1. The second-order valence-electron chi connectivity index (χ2n) is 9.26. The normalized spacial score (nSPS) is 22.0. The molecule has 150 valence electrons. The molecule has 5 N–H and O–H groups in total. The molecule has 3 nitrogen and oxygen atoms in total. The van der Waals surface area contributed by atoms with E-state index in [1.165, 1.54) is 22.3 Å². The van der Waals surface area contributed by atoms with Crippen molar-refractivity contribution in [2.24, 2.45) is 0 Å². The third-order valence-electron chi connectivity index (χ3n) is 6.21. The van der Waals surface area contributed by atoms with E-state index in [4.69, 9.17) is 11.5 Å². The first kappa shape index (κ1) is 19.5. The molecule has 0 unspecified atom stereocenters. The van der Waals surface area contributed by atoms with Crippen LogP contribution in [0.3, 0.4) is 0 Å². The summed E-state index contributed by atoms with van der Waals surface area (Å²) in [6, 6.07) is 26.0. The molecule has 0 aliphatic carbocycles. The monoisotopic (exact) mass is 385 g/mol. The lowest BCUT2D eigenvalue weighted by Crippen LogP contribution is -2.39.